The molecule has 7 nitrogen and oxygen atoms in total. The number of pyridine rings is 1. The summed E-state index contributed by atoms with van der Waals surface area (Å²) in [5.41, 5.74) is 0.459. The molecule has 1 saturated heterocycles. The number of benzene rings is 2. The van der Waals surface area contributed by atoms with Crippen molar-refractivity contribution in [3.8, 4) is 16.9 Å². The molecule has 2 aliphatic rings. The normalized spacial score (nSPS) is 19.2. The fourth-order valence-electron chi connectivity index (χ4n) is 5.57. The molecule has 1 aliphatic heterocycles. The minimum Gasteiger partial charge on any atom is -0.481 e. The van der Waals surface area contributed by atoms with E-state index >= 15 is 0 Å². The summed E-state index contributed by atoms with van der Waals surface area (Å²) in [6.45, 7) is 4.97. The van der Waals surface area contributed by atoms with E-state index in [1.54, 1.807) is 42.3 Å². The van der Waals surface area contributed by atoms with Gasteiger partial charge in [-0.25, -0.2) is 4.39 Å². The number of rotatable bonds is 7. The second-order valence-electron chi connectivity index (χ2n) is 10.1. The molecule has 0 unspecified atom stereocenters. The third-order valence-electron chi connectivity index (χ3n) is 7.74. The molecule has 0 radical (unpaired) electrons. The molecular weight excluding hydrogens is 511 g/mol. The molecule has 200 valence electrons. The number of nitrogens with zero attached hydrogens (tertiary/aromatic N) is 1. The number of nitrogens with one attached hydrogen (secondary N) is 1. The molecule has 2 fully saturated rings. The number of esters is 1. The van der Waals surface area contributed by atoms with Gasteiger partial charge >= 0.3 is 5.97 Å². The van der Waals surface area contributed by atoms with Crippen LogP contribution in [0.1, 0.15) is 39.5 Å². The third kappa shape index (κ3) is 4.89. The van der Waals surface area contributed by atoms with Crippen LogP contribution in [-0.4, -0.2) is 47.6 Å². The summed E-state index contributed by atoms with van der Waals surface area (Å²) in [7, 11) is 0. The molecule has 3 aromatic rings. The molecule has 1 aromatic heterocycles. The first-order valence-electron chi connectivity index (χ1n) is 13.0. The summed E-state index contributed by atoms with van der Waals surface area (Å²) in [6, 6.07) is 9.13. The molecular formula is C29H30ClFN2O5. The van der Waals surface area contributed by atoms with Crippen molar-refractivity contribution in [2.45, 2.75) is 45.6 Å². The first kappa shape index (κ1) is 26.2. The Kier molecular flexibility index (Phi) is 7.18. The summed E-state index contributed by atoms with van der Waals surface area (Å²) in [6.07, 6.45) is 4.10. The third-order valence-corrected chi connectivity index (χ3v) is 8.05. The number of fused-ring (bicyclic) bond motifs is 1. The lowest BCUT2D eigenvalue weighted by Crippen LogP contribution is -2.48. The van der Waals surface area contributed by atoms with E-state index in [-0.39, 0.29) is 28.4 Å². The number of aromatic nitrogens is 1. The number of likely N-dealkylation sites (tertiary alicyclic amines) is 1. The second kappa shape index (κ2) is 10.4. The number of ether oxygens (including phenoxy) is 2. The largest absolute Gasteiger partial charge is 0.481 e. The van der Waals surface area contributed by atoms with E-state index in [0.717, 1.165) is 25.7 Å². The predicted molar refractivity (Wildman–Crippen MR) is 143 cm³/mol. The number of hydrogen-bond acceptors (Lipinski definition) is 5. The molecule has 0 bridgehead atoms. The van der Waals surface area contributed by atoms with Crippen LogP contribution in [0.4, 0.5) is 4.39 Å². The van der Waals surface area contributed by atoms with Gasteiger partial charge in [0.2, 0.25) is 0 Å². The van der Waals surface area contributed by atoms with Crippen LogP contribution in [-0.2, 0) is 14.3 Å². The van der Waals surface area contributed by atoms with Gasteiger partial charge in [0.25, 0.3) is 11.5 Å². The molecule has 5 rings (SSSR count). The van der Waals surface area contributed by atoms with E-state index in [1.165, 1.54) is 12.1 Å². The molecule has 1 saturated carbocycles. The van der Waals surface area contributed by atoms with Gasteiger partial charge < -0.3 is 19.4 Å². The van der Waals surface area contributed by atoms with Crippen LogP contribution >= 0.6 is 11.6 Å². The van der Waals surface area contributed by atoms with E-state index in [1.807, 2.05) is 6.92 Å². The van der Waals surface area contributed by atoms with Crippen molar-refractivity contribution in [3.05, 3.63) is 63.8 Å². The zero-order chi connectivity index (χ0) is 27.0. The lowest BCUT2D eigenvalue weighted by Gasteiger charge is -2.37. The predicted octanol–water partition coefficient (Wildman–Crippen LogP) is 5.34. The van der Waals surface area contributed by atoms with E-state index in [9.17, 15) is 18.8 Å². The number of piperidine rings is 1. The Bertz CT molecular complexity index is 1450. The van der Waals surface area contributed by atoms with Crippen LogP contribution in [0, 0.1) is 17.2 Å². The summed E-state index contributed by atoms with van der Waals surface area (Å²) in [5, 5.41) is 1.22. The highest BCUT2D eigenvalue weighted by molar-refractivity contribution is 6.33. The molecule has 2 heterocycles. The van der Waals surface area contributed by atoms with Gasteiger partial charge in [0, 0.05) is 30.4 Å². The fourth-order valence-corrected chi connectivity index (χ4v) is 5.84. The number of hydrogen-bond donors (Lipinski definition) is 1. The molecule has 2 aromatic carbocycles. The van der Waals surface area contributed by atoms with Crippen LogP contribution in [0.25, 0.3) is 21.9 Å². The minimum absolute atomic E-state index is 0.0855. The maximum absolute atomic E-state index is 13.6. The Balaban J connectivity index is 1.33. The number of halogens is 2. The zero-order valence-corrected chi connectivity index (χ0v) is 22.1. The average molecular weight is 541 g/mol. The van der Waals surface area contributed by atoms with Gasteiger partial charge in [0.15, 0.2) is 6.10 Å². The van der Waals surface area contributed by atoms with Gasteiger partial charge in [0.05, 0.1) is 22.4 Å². The maximum Gasteiger partial charge on any atom is 0.312 e. The van der Waals surface area contributed by atoms with Gasteiger partial charge in [-0.05, 0) is 87.2 Å². The van der Waals surface area contributed by atoms with Crippen molar-refractivity contribution in [2.24, 2.45) is 11.3 Å². The molecule has 2 atom stereocenters. The van der Waals surface area contributed by atoms with Gasteiger partial charge in [-0.2, -0.15) is 0 Å². The van der Waals surface area contributed by atoms with Crippen LogP contribution in [0.5, 0.6) is 5.75 Å². The number of H-pyrrole nitrogens is 1. The van der Waals surface area contributed by atoms with Gasteiger partial charge in [-0.15, -0.1) is 0 Å². The van der Waals surface area contributed by atoms with Crippen LogP contribution in [0.15, 0.2) is 47.4 Å². The van der Waals surface area contributed by atoms with E-state index in [2.05, 4.69) is 4.98 Å². The monoisotopic (exact) mass is 540 g/mol. The van der Waals surface area contributed by atoms with Gasteiger partial charge in [0.1, 0.15) is 11.6 Å². The molecule has 1 amide bonds. The Morgan fingerprint density at radius 1 is 1.18 bits per heavy atom. The van der Waals surface area contributed by atoms with Crippen molar-refractivity contribution in [3.63, 3.8) is 0 Å². The summed E-state index contributed by atoms with van der Waals surface area (Å²) in [5.74, 6) is -0.288. The van der Waals surface area contributed by atoms with Crippen LogP contribution in [0.3, 0.4) is 0 Å². The quantitative estimate of drug-likeness (QED) is 0.409. The van der Waals surface area contributed by atoms with E-state index in [0.29, 0.717) is 47.3 Å². The molecule has 38 heavy (non-hydrogen) atoms. The lowest BCUT2D eigenvalue weighted by atomic mass is 9.82. The molecule has 9 heteroatoms. The fraction of sp³-hybridized carbons (Fsp3) is 0.414. The highest BCUT2D eigenvalue weighted by Gasteiger charge is 2.57. The number of aromatic amines is 1. The highest BCUT2D eigenvalue weighted by atomic mass is 35.5. The highest BCUT2D eigenvalue weighted by Crippen LogP contribution is 2.55. The average Bonchev–Trinajstić information content (AvgIpc) is 3.72. The summed E-state index contributed by atoms with van der Waals surface area (Å²) < 4.78 is 24.9. The van der Waals surface area contributed by atoms with Gasteiger partial charge in [-0.3, -0.25) is 14.4 Å². The lowest BCUT2D eigenvalue weighted by molar-refractivity contribution is -0.155. The summed E-state index contributed by atoms with van der Waals surface area (Å²) >= 11 is 6.26. The van der Waals surface area contributed by atoms with E-state index < -0.39 is 17.3 Å². The zero-order valence-electron chi connectivity index (χ0n) is 21.4. The SMILES string of the molecule is CCOC(=O)C1([C@H]2CCCN(C(=O)[C@@H](C)Oc3ccc4c(-c5ccc(F)cc5Cl)c[nH]c(=O)c4c3)C2)CC1. The molecule has 1 aliphatic carbocycles. The van der Waals surface area contributed by atoms with E-state index in [4.69, 9.17) is 21.1 Å². The number of carbonyl (C=O) groups excluding carboxylic acids is 2. The minimum atomic E-state index is -0.780. The summed E-state index contributed by atoms with van der Waals surface area (Å²) in [4.78, 5) is 43.0. The first-order valence-corrected chi connectivity index (χ1v) is 13.3. The van der Waals surface area contributed by atoms with Crippen molar-refractivity contribution in [1.82, 2.24) is 9.88 Å². The van der Waals surface area contributed by atoms with Gasteiger partial charge in [-0.1, -0.05) is 11.6 Å². The van der Waals surface area contributed by atoms with Crippen LogP contribution < -0.4 is 10.3 Å². The van der Waals surface area contributed by atoms with Crippen molar-refractivity contribution in [1.29, 1.82) is 0 Å². The first-order chi connectivity index (χ1) is 18.2. The van der Waals surface area contributed by atoms with Crippen LogP contribution in [0.2, 0.25) is 5.02 Å². The molecule has 1 N–H and O–H groups in total. The standard InChI is InChI=1S/C29H30ClFN2O5/c1-3-37-28(36)29(10-11-29)18-5-4-12-33(16-18)27(35)17(2)38-20-7-9-21-23(14-20)26(34)32-15-24(21)22-8-6-19(31)13-25(22)30/h6-9,13-15,17-18H,3-5,10-12,16H2,1-2H3,(H,32,34)/t17-,18+/m1/s1. The van der Waals surface area contributed by atoms with Crippen molar-refractivity contribution in [2.75, 3.05) is 19.7 Å². The second-order valence-corrected chi connectivity index (χ2v) is 10.5. The molecule has 0 spiro atoms. The Morgan fingerprint density at radius 2 is 1.97 bits per heavy atom. The van der Waals surface area contributed by atoms with Crippen molar-refractivity contribution < 1.29 is 23.5 Å². The Hall–Kier alpha value is -3.39. The van der Waals surface area contributed by atoms with Crippen molar-refractivity contribution >= 4 is 34.2 Å². The number of carbonyl (C=O) groups is 2. The Labute approximate surface area is 224 Å². The topological polar surface area (TPSA) is 88.7 Å². The number of amides is 1. The Morgan fingerprint density at radius 3 is 2.68 bits per heavy atom. The smallest absolute Gasteiger partial charge is 0.312 e. The maximum atomic E-state index is 13.6.